The normalized spacial score (nSPS) is 12.9. The number of carbonyl (C=O) groups excluding carboxylic acids is 2. The monoisotopic (exact) mass is 920 g/mol. The molecule has 0 bridgehead atoms. The zero-order valence-electron chi connectivity index (χ0n) is 35.6. The number of amides is 2. The number of fused-ring (bicyclic) bond motifs is 2. The second-order valence-electron chi connectivity index (χ2n) is 16.7. The van der Waals surface area contributed by atoms with Gasteiger partial charge in [-0.15, -0.1) is 0 Å². The molecule has 2 amide bonds. The Hall–Kier alpha value is -5.97. The summed E-state index contributed by atoms with van der Waals surface area (Å²) in [5.41, 5.74) is -4.83. The number of aliphatic hydroxyl groups is 3. The molecule has 344 valence electrons. The van der Waals surface area contributed by atoms with Crippen LogP contribution in [0.5, 0.6) is 0 Å². The van der Waals surface area contributed by atoms with Gasteiger partial charge in [-0.1, -0.05) is 12.1 Å². The molecule has 0 aliphatic heterocycles. The molecule has 22 heteroatoms. The average molecular weight is 921 g/mol. The highest BCUT2D eigenvalue weighted by Gasteiger charge is 2.34. The van der Waals surface area contributed by atoms with Gasteiger partial charge in [0.1, 0.15) is 32.6 Å². The summed E-state index contributed by atoms with van der Waals surface area (Å²) in [5, 5.41) is 46.1. The summed E-state index contributed by atoms with van der Waals surface area (Å²) in [7, 11) is -3.20. The Morgan fingerprint density at radius 1 is 0.641 bits per heavy atom. The zero-order chi connectivity index (χ0) is 47.8. The number of nitrogens with one attached hydrogen (secondary N) is 2. The van der Waals surface area contributed by atoms with Gasteiger partial charge in [0, 0.05) is 58.5 Å². The summed E-state index contributed by atoms with van der Waals surface area (Å²) in [6.45, 7) is 9.96. The first-order valence-corrected chi connectivity index (χ1v) is 21.4. The fraction of sp³-hybridized carbons (Fsp3) is 0.381. The highest BCUT2D eigenvalue weighted by molar-refractivity contribution is 7.90. The summed E-state index contributed by atoms with van der Waals surface area (Å²) in [5.74, 6) is -1.84. The third-order valence-corrected chi connectivity index (χ3v) is 10.3. The van der Waals surface area contributed by atoms with Crippen molar-refractivity contribution in [2.24, 2.45) is 0 Å². The van der Waals surface area contributed by atoms with Crippen LogP contribution < -0.4 is 10.6 Å². The number of pyridine rings is 2. The molecule has 6 aromatic rings. The van der Waals surface area contributed by atoms with E-state index in [2.05, 4.69) is 30.8 Å². The molecule has 64 heavy (non-hydrogen) atoms. The van der Waals surface area contributed by atoms with Crippen molar-refractivity contribution in [3.8, 4) is 0 Å². The number of hydrogen-bond acceptors (Lipinski definition) is 11. The molecular weight excluding hydrogens is 875 g/mol. The SMILES string of the molecule is CC(C)(O)CCn1cc2cc(NC(=O)c3cccc(C(F)(F)F)n3)c(C(C)(C)O)cc2n1.CC(C)(O)c1cc2nn(CCS(C)(=O)=O)cc2cc1NC(=O)c1cccc(C(F)(F)F)n1. The van der Waals surface area contributed by atoms with Gasteiger partial charge in [-0.2, -0.15) is 36.5 Å². The molecule has 0 unspecified atom stereocenters. The summed E-state index contributed by atoms with van der Waals surface area (Å²) in [6, 6.07) is 12.3. The van der Waals surface area contributed by atoms with Crippen LogP contribution in [0.3, 0.4) is 0 Å². The fourth-order valence-corrected chi connectivity index (χ4v) is 6.67. The molecule has 0 aliphatic rings. The molecule has 0 saturated carbocycles. The topological polar surface area (TPSA) is 214 Å². The van der Waals surface area contributed by atoms with Crippen LogP contribution >= 0.6 is 0 Å². The first-order chi connectivity index (χ1) is 29.3. The van der Waals surface area contributed by atoms with E-state index in [0.717, 1.165) is 36.6 Å². The summed E-state index contributed by atoms with van der Waals surface area (Å²) in [4.78, 5) is 32.1. The largest absolute Gasteiger partial charge is 0.433 e. The molecule has 0 spiro atoms. The van der Waals surface area contributed by atoms with Crippen LogP contribution in [0, 0.1) is 0 Å². The third-order valence-electron chi connectivity index (χ3n) is 9.39. The maximum absolute atomic E-state index is 12.9. The fourth-order valence-electron chi connectivity index (χ4n) is 6.15. The third kappa shape index (κ3) is 13.0. The highest BCUT2D eigenvalue weighted by Crippen LogP contribution is 2.35. The number of halogens is 6. The van der Waals surface area contributed by atoms with Crippen molar-refractivity contribution in [2.75, 3.05) is 22.6 Å². The molecule has 0 radical (unpaired) electrons. The lowest BCUT2D eigenvalue weighted by atomic mass is 9.95. The maximum atomic E-state index is 12.9. The van der Waals surface area contributed by atoms with E-state index in [0.29, 0.717) is 40.3 Å². The Kier molecular flexibility index (Phi) is 13.7. The smallest absolute Gasteiger partial charge is 0.390 e. The average Bonchev–Trinajstić information content (AvgIpc) is 3.77. The number of carbonyl (C=O) groups is 2. The van der Waals surface area contributed by atoms with Crippen molar-refractivity contribution in [3.63, 3.8) is 0 Å². The zero-order valence-corrected chi connectivity index (χ0v) is 36.4. The number of alkyl halides is 6. The van der Waals surface area contributed by atoms with Gasteiger partial charge >= 0.3 is 12.4 Å². The van der Waals surface area contributed by atoms with Crippen molar-refractivity contribution in [1.29, 1.82) is 0 Å². The first-order valence-electron chi connectivity index (χ1n) is 19.4. The molecule has 2 aromatic carbocycles. The Morgan fingerprint density at radius 3 is 1.38 bits per heavy atom. The molecule has 4 aromatic heterocycles. The van der Waals surface area contributed by atoms with Crippen LogP contribution in [0.1, 0.15) is 91.5 Å². The summed E-state index contributed by atoms with van der Waals surface area (Å²) < 4.78 is 103. The number of nitrogens with zero attached hydrogens (tertiary/aromatic N) is 6. The Morgan fingerprint density at radius 2 is 1.03 bits per heavy atom. The molecule has 0 saturated heterocycles. The van der Waals surface area contributed by atoms with Crippen LogP contribution in [-0.4, -0.2) is 82.7 Å². The van der Waals surface area contributed by atoms with Gasteiger partial charge in [0.05, 0.1) is 40.1 Å². The summed E-state index contributed by atoms with van der Waals surface area (Å²) in [6.07, 6.45) is -4.50. The molecule has 0 fully saturated rings. The molecule has 5 N–H and O–H groups in total. The second-order valence-corrected chi connectivity index (χ2v) is 19.0. The number of rotatable bonds is 12. The minimum absolute atomic E-state index is 0.112. The van der Waals surface area contributed by atoms with Gasteiger partial charge in [-0.25, -0.2) is 18.4 Å². The van der Waals surface area contributed by atoms with Crippen molar-refractivity contribution in [1.82, 2.24) is 29.5 Å². The van der Waals surface area contributed by atoms with Gasteiger partial charge < -0.3 is 26.0 Å². The summed E-state index contributed by atoms with van der Waals surface area (Å²) >= 11 is 0. The highest BCUT2D eigenvalue weighted by atomic mass is 32.2. The van der Waals surface area contributed by atoms with E-state index in [-0.39, 0.29) is 29.2 Å². The van der Waals surface area contributed by atoms with E-state index < -0.39 is 73.6 Å². The van der Waals surface area contributed by atoms with Gasteiger partial charge in [0.2, 0.25) is 0 Å². The molecule has 0 aliphatic carbocycles. The van der Waals surface area contributed by atoms with Gasteiger partial charge in [-0.05, 0) is 96.5 Å². The van der Waals surface area contributed by atoms with Crippen LogP contribution in [0.15, 0.2) is 73.1 Å². The Balaban J connectivity index is 0.000000241. The van der Waals surface area contributed by atoms with Crippen LogP contribution in [0.2, 0.25) is 0 Å². The molecule has 15 nitrogen and oxygen atoms in total. The van der Waals surface area contributed by atoms with Crippen molar-refractivity contribution >= 4 is 54.8 Å². The van der Waals surface area contributed by atoms with Crippen LogP contribution in [0.25, 0.3) is 21.8 Å². The van der Waals surface area contributed by atoms with Crippen molar-refractivity contribution in [3.05, 3.63) is 107 Å². The number of hydrogen-bond donors (Lipinski definition) is 5. The standard InChI is InChI=1S/C22H25F3N4O3.C20H21F3N4O4S/c1-20(2,31)8-9-29-12-13-10-17(14(21(3,4)32)11-16(13)28-29)27-19(30)15-6-5-7-18(26-15)22(23,24)25;1-19(2,29)13-10-15-12(11-27(26-15)7-8-32(3,30)31)9-16(13)25-18(28)14-5-4-6-17(24-14)20(21,22)23/h5-7,10-12,31-32H,8-9H2,1-4H3,(H,27,30);4-6,9-11,29H,7-8H2,1-3H3,(H,25,28). The number of sulfone groups is 1. The minimum atomic E-state index is -4.70. The van der Waals surface area contributed by atoms with E-state index in [4.69, 9.17) is 0 Å². The lowest BCUT2D eigenvalue weighted by molar-refractivity contribution is -0.142. The van der Waals surface area contributed by atoms with Crippen molar-refractivity contribution in [2.45, 2.75) is 90.2 Å². The lowest BCUT2D eigenvalue weighted by Gasteiger charge is -2.22. The van der Waals surface area contributed by atoms with E-state index >= 15 is 0 Å². The predicted octanol–water partition coefficient (Wildman–Crippen LogP) is 7.07. The van der Waals surface area contributed by atoms with E-state index in [1.54, 1.807) is 43.1 Å². The maximum Gasteiger partial charge on any atom is 0.433 e. The van der Waals surface area contributed by atoms with E-state index in [1.165, 1.54) is 50.6 Å². The number of aromatic nitrogens is 6. The lowest BCUT2D eigenvalue weighted by Crippen LogP contribution is -2.22. The van der Waals surface area contributed by atoms with Crippen LogP contribution in [-0.2, 0) is 46.5 Å². The van der Waals surface area contributed by atoms with Gasteiger partial charge in [-0.3, -0.25) is 19.0 Å². The van der Waals surface area contributed by atoms with Crippen LogP contribution in [0.4, 0.5) is 37.7 Å². The molecule has 0 atom stereocenters. The Bertz CT molecular complexity index is 2800. The Labute approximate surface area is 363 Å². The molecular formula is C42H46F6N8O7S. The van der Waals surface area contributed by atoms with E-state index in [1.807, 2.05) is 0 Å². The quantitative estimate of drug-likeness (QED) is 0.0784. The number of anilines is 2. The first kappa shape index (κ1) is 49.1. The molecule has 6 rings (SSSR count). The van der Waals surface area contributed by atoms with Gasteiger partial charge in [0.15, 0.2) is 0 Å². The number of benzene rings is 2. The predicted molar refractivity (Wildman–Crippen MR) is 225 cm³/mol. The number of aryl methyl sites for hydroxylation is 2. The van der Waals surface area contributed by atoms with Crippen molar-refractivity contribution < 1.29 is 59.7 Å². The second kappa shape index (κ2) is 17.9. The van der Waals surface area contributed by atoms with E-state index in [9.17, 15) is 59.7 Å². The minimum Gasteiger partial charge on any atom is -0.390 e. The molecule has 4 heterocycles. The van der Waals surface area contributed by atoms with Gasteiger partial charge in [0.25, 0.3) is 11.8 Å².